The topological polar surface area (TPSA) is 64.9 Å². The summed E-state index contributed by atoms with van der Waals surface area (Å²) in [5.41, 5.74) is 6.72. The smallest absolute Gasteiger partial charge is 0.336 e. The third kappa shape index (κ3) is 5.92. The number of carboxylic acids is 1. The first-order valence-corrected chi connectivity index (χ1v) is 10.6. The van der Waals surface area contributed by atoms with Gasteiger partial charge in [-0.25, -0.2) is 10.2 Å². The molecule has 0 saturated heterocycles. The standard InChI is InChI=1S/C24H31N3O2.CH4/c1-3-5-11-22-25-23(12-6-4-2)27(26-22)17-18-13-15-19(16-14-18)20-9-7-8-10-21(20)24(28)29;/h7-10,13-16,22,26H,3-6,11-12,17H2,1-2H3,(H,28,29);1H4. The van der Waals surface area contributed by atoms with Crippen LogP contribution >= 0.6 is 0 Å². The van der Waals surface area contributed by atoms with Crippen LogP contribution in [-0.4, -0.2) is 28.1 Å². The van der Waals surface area contributed by atoms with Gasteiger partial charge in [-0.2, -0.15) is 0 Å². The Kier molecular flexibility index (Phi) is 9.06. The van der Waals surface area contributed by atoms with Crippen molar-refractivity contribution in [2.45, 2.75) is 72.5 Å². The number of aliphatic imine (C=N–C) groups is 1. The van der Waals surface area contributed by atoms with Gasteiger partial charge in [0, 0.05) is 6.42 Å². The number of rotatable bonds is 10. The number of carboxylic acid groups (broad SMARTS) is 1. The third-order valence-electron chi connectivity index (χ3n) is 5.27. The second-order valence-electron chi connectivity index (χ2n) is 7.57. The Morgan fingerprint density at radius 1 is 1.07 bits per heavy atom. The van der Waals surface area contributed by atoms with E-state index in [-0.39, 0.29) is 13.6 Å². The summed E-state index contributed by atoms with van der Waals surface area (Å²) in [5.74, 6) is 0.245. The van der Waals surface area contributed by atoms with Crippen molar-refractivity contribution in [2.75, 3.05) is 0 Å². The molecular formula is C25H35N3O2. The van der Waals surface area contributed by atoms with Crippen LogP contribution in [0.25, 0.3) is 11.1 Å². The molecule has 2 aromatic carbocycles. The molecule has 162 valence electrons. The number of nitrogens with zero attached hydrogens (tertiary/aromatic N) is 2. The number of benzene rings is 2. The number of hydrogen-bond donors (Lipinski definition) is 2. The Bertz CT molecular complexity index is 846. The fourth-order valence-electron chi connectivity index (χ4n) is 3.62. The maximum atomic E-state index is 11.5. The van der Waals surface area contributed by atoms with Gasteiger partial charge in [-0.15, -0.1) is 0 Å². The highest BCUT2D eigenvalue weighted by atomic mass is 16.4. The molecule has 0 radical (unpaired) electrons. The van der Waals surface area contributed by atoms with Crippen LogP contribution in [0.3, 0.4) is 0 Å². The van der Waals surface area contributed by atoms with E-state index in [1.165, 1.54) is 18.4 Å². The van der Waals surface area contributed by atoms with Crippen LogP contribution < -0.4 is 5.43 Å². The molecule has 2 N–H and O–H groups in total. The Morgan fingerprint density at radius 2 is 1.77 bits per heavy atom. The molecule has 0 bridgehead atoms. The van der Waals surface area contributed by atoms with Gasteiger partial charge in [0.05, 0.1) is 12.1 Å². The fraction of sp³-hybridized carbons (Fsp3) is 0.440. The highest BCUT2D eigenvalue weighted by Crippen LogP contribution is 2.25. The monoisotopic (exact) mass is 409 g/mol. The first-order valence-electron chi connectivity index (χ1n) is 10.6. The van der Waals surface area contributed by atoms with E-state index in [1.54, 1.807) is 12.1 Å². The highest BCUT2D eigenvalue weighted by molar-refractivity contribution is 5.96. The minimum absolute atomic E-state index is 0. The predicted octanol–water partition coefficient (Wildman–Crippen LogP) is 6.11. The van der Waals surface area contributed by atoms with Crippen molar-refractivity contribution in [3.05, 3.63) is 59.7 Å². The number of aromatic carboxylic acids is 1. The maximum Gasteiger partial charge on any atom is 0.336 e. The highest BCUT2D eigenvalue weighted by Gasteiger charge is 2.23. The van der Waals surface area contributed by atoms with Gasteiger partial charge in [0.15, 0.2) is 0 Å². The van der Waals surface area contributed by atoms with Crippen molar-refractivity contribution < 1.29 is 9.90 Å². The average Bonchev–Trinajstić information content (AvgIpc) is 3.12. The van der Waals surface area contributed by atoms with E-state index in [9.17, 15) is 9.90 Å². The molecule has 0 fully saturated rings. The van der Waals surface area contributed by atoms with Gasteiger partial charge in [-0.1, -0.05) is 83.0 Å². The Hall–Kier alpha value is -2.66. The van der Waals surface area contributed by atoms with Gasteiger partial charge in [0.1, 0.15) is 12.0 Å². The molecule has 0 spiro atoms. The maximum absolute atomic E-state index is 11.5. The third-order valence-corrected chi connectivity index (χ3v) is 5.27. The molecule has 30 heavy (non-hydrogen) atoms. The van der Waals surface area contributed by atoms with E-state index >= 15 is 0 Å². The van der Waals surface area contributed by atoms with Crippen molar-refractivity contribution in [1.82, 2.24) is 10.4 Å². The van der Waals surface area contributed by atoms with Gasteiger partial charge in [-0.3, -0.25) is 10.0 Å². The van der Waals surface area contributed by atoms with Gasteiger partial charge in [0.25, 0.3) is 0 Å². The van der Waals surface area contributed by atoms with E-state index in [1.807, 2.05) is 24.3 Å². The zero-order valence-electron chi connectivity index (χ0n) is 17.4. The molecule has 0 saturated carbocycles. The zero-order chi connectivity index (χ0) is 20.6. The van der Waals surface area contributed by atoms with Crippen molar-refractivity contribution in [2.24, 2.45) is 4.99 Å². The molecule has 0 aliphatic carbocycles. The number of nitrogens with one attached hydrogen (secondary N) is 1. The lowest BCUT2D eigenvalue weighted by molar-refractivity contribution is 0.0697. The van der Waals surface area contributed by atoms with Crippen LogP contribution in [0.4, 0.5) is 0 Å². The van der Waals surface area contributed by atoms with E-state index in [4.69, 9.17) is 4.99 Å². The van der Waals surface area contributed by atoms with Crippen LogP contribution in [0.1, 0.15) is 75.7 Å². The van der Waals surface area contributed by atoms with Crippen LogP contribution in [0, 0.1) is 0 Å². The predicted molar refractivity (Wildman–Crippen MR) is 125 cm³/mol. The minimum Gasteiger partial charge on any atom is -0.478 e. The molecule has 1 heterocycles. The summed E-state index contributed by atoms with van der Waals surface area (Å²) in [6, 6.07) is 15.3. The van der Waals surface area contributed by atoms with Gasteiger partial charge in [0.2, 0.25) is 0 Å². The quantitative estimate of drug-likeness (QED) is 0.497. The Morgan fingerprint density at radius 3 is 2.43 bits per heavy atom. The van der Waals surface area contributed by atoms with Crippen molar-refractivity contribution in [3.63, 3.8) is 0 Å². The van der Waals surface area contributed by atoms with Crippen molar-refractivity contribution in [3.8, 4) is 11.1 Å². The average molecular weight is 410 g/mol. The van der Waals surface area contributed by atoms with Crippen LogP contribution in [0.5, 0.6) is 0 Å². The minimum atomic E-state index is -0.902. The number of amidine groups is 1. The first-order chi connectivity index (χ1) is 14.1. The van der Waals surface area contributed by atoms with E-state index < -0.39 is 5.97 Å². The van der Waals surface area contributed by atoms with Gasteiger partial charge >= 0.3 is 5.97 Å². The van der Waals surface area contributed by atoms with Gasteiger partial charge < -0.3 is 5.11 Å². The molecule has 1 unspecified atom stereocenters. The molecule has 1 aliphatic rings. The van der Waals surface area contributed by atoms with E-state index in [2.05, 4.69) is 36.4 Å². The molecule has 2 aromatic rings. The summed E-state index contributed by atoms with van der Waals surface area (Å²) in [6.45, 7) is 5.17. The molecule has 0 aromatic heterocycles. The normalized spacial score (nSPS) is 15.6. The van der Waals surface area contributed by atoms with Gasteiger partial charge in [-0.05, 0) is 35.6 Å². The number of hydrogen-bond acceptors (Lipinski definition) is 4. The molecule has 5 heteroatoms. The van der Waals surface area contributed by atoms with E-state index in [0.717, 1.165) is 49.2 Å². The van der Waals surface area contributed by atoms with Crippen LogP contribution in [0.15, 0.2) is 53.5 Å². The SMILES string of the molecule is C.CCCCC1=NC(CCCC)NN1Cc1ccc(-c2ccccc2C(=O)O)cc1. The second kappa shape index (κ2) is 11.5. The fourth-order valence-corrected chi connectivity index (χ4v) is 3.62. The first kappa shape index (κ1) is 23.6. The molecule has 3 rings (SSSR count). The molecule has 0 amide bonds. The van der Waals surface area contributed by atoms with Crippen LogP contribution in [0.2, 0.25) is 0 Å². The van der Waals surface area contributed by atoms with Crippen molar-refractivity contribution >= 4 is 11.8 Å². The van der Waals surface area contributed by atoms with Crippen LogP contribution in [-0.2, 0) is 6.54 Å². The zero-order valence-corrected chi connectivity index (χ0v) is 17.4. The lowest BCUT2D eigenvalue weighted by atomic mass is 9.99. The summed E-state index contributed by atoms with van der Waals surface area (Å²) >= 11 is 0. The summed E-state index contributed by atoms with van der Waals surface area (Å²) in [4.78, 5) is 16.4. The summed E-state index contributed by atoms with van der Waals surface area (Å²) in [7, 11) is 0. The summed E-state index contributed by atoms with van der Waals surface area (Å²) in [6.07, 6.45) is 6.89. The number of unbranched alkanes of at least 4 members (excludes halogenated alkanes) is 2. The lowest BCUT2D eigenvalue weighted by Crippen LogP contribution is -2.39. The number of hydrazine groups is 1. The summed E-state index contributed by atoms with van der Waals surface area (Å²) in [5, 5.41) is 11.6. The number of carbonyl (C=O) groups is 1. The largest absolute Gasteiger partial charge is 0.478 e. The molecule has 1 atom stereocenters. The Balaban J connectivity index is 0.00000320. The lowest BCUT2D eigenvalue weighted by Gasteiger charge is -2.22. The summed E-state index contributed by atoms with van der Waals surface area (Å²) < 4.78 is 0. The van der Waals surface area contributed by atoms with E-state index in [0.29, 0.717) is 5.56 Å². The Labute approximate surface area is 180 Å². The molecular weight excluding hydrogens is 374 g/mol. The molecule has 5 nitrogen and oxygen atoms in total. The molecule has 1 aliphatic heterocycles. The second-order valence-corrected chi connectivity index (χ2v) is 7.57. The van der Waals surface area contributed by atoms with Crippen molar-refractivity contribution in [1.29, 1.82) is 0 Å².